The van der Waals surface area contributed by atoms with E-state index in [0.717, 1.165) is 23.9 Å². The lowest BCUT2D eigenvalue weighted by Gasteiger charge is -2.13. The molecule has 2 aromatic rings. The van der Waals surface area contributed by atoms with Gasteiger partial charge in [-0.25, -0.2) is 4.79 Å². The normalized spacial score (nSPS) is 15.3. The molecule has 0 saturated carbocycles. The van der Waals surface area contributed by atoms with Crippen LogP contribution in [0.15, 0.2) is 16.5 Å². The van der Waals surface area contributed by atoms with E-state index in [4.69, 9.17) is 20.8 Å². The summed E-state index contributed by atoms with van der Waals surface area (Å²) in [5.74, 6) is -0.138. The highest BCUT2D eigenvalue weighted by Crippen LogP contribution is 2.36. The quantitative estimate of drug-likeness (QED) is 0.797. The summed E-state index contributed by atoms with van der Waals surface area (Å²) in [7, 11) is 2.03. The van der Waals surface area contributed by atoms with E-state index in [1.807, 2.05) is 19.2 Å². The summed E-state index contributed by atoms with van der Waals surface area (Å²) in [4.78, 5) is 14.2. The minimum Gasteiger partial charge on any atom is -0.460 e. The Morgan fingerprint density at radius 2 is 2.30 bits per heavy atom. The highest BCUT2D eigenvalue weighted by Gasteiger charge is 2.27. The van der Waals surface area contributed by atoms with Crippen molar-refractivity contribution in [3.8, 4) is 0 Å². The Labute approximate surface area is 122 Å². The molecule has 0 aliphatic carbocycles. The van der Waals surface area contributed by atoms with Crippen molar-refractivity contribution in [2.45, 2.75) is 19.9 Å². The van der Waals surface area contributed by atoms with Crippen molar-refractivity contribution in [2.24, 2.45) is 0 Å². The van der Waals surface area contributed by atoms with Gasteiger partial charge in [0, 0.05) is 24.0 Å². The summed E-state index contributed by atoms with van der Waals surface area (Å²) in [6.07, 6.45) is 0.916. The van der Waals surface area contributed by atoms with Crippen molar-refractivity contribution in [3.05, 3.63) is 34.0 Å². The van der Waals surface area contributed by atoms with Gasteiger partial charge in [-0.15, -0.1) is 0 Å². The predicted octanol–water partition coefficient (Wildman–Crippen LogP) is 3.25. The molecule has 0 amide bonds. The van der Waals surface area contributed by atoms with E-state index in [2.05, 4.69) is 4.90 Å². The summed E-state index contributed by atoms with van der Waals surface area (Å²) >= 11 is 6.21. The molecule has 4 nitrogen and oxygen atoms in total. The van der Waals surface area contributed by atoms with Crippen LogP contribution in [0.4, 0.5) is 0 Å². The zero-order valence-corrected chi connectivity index (χ0v) is 12.3. The molecular formula is C15H16ClNO3. The van der Waals surface area contributed by atoms with Crippen LogP contribution in [-0.4, -0.2) is 31.1 Å². The van der Waals surface area contributed by atoms with Gasteiger partial charge in [0.1, 0.15) is 0 Å². The molecular weight excluding hydrogens is 278 g/mol. The Morgan fingerprint density at radius 1 is 1.50 bits per heavy atom. The first-order chi connectivity index (χ1) is 9.61. The van der Waals surface area contributed by atoms with Crippen molar-refractivity contribution in [1.82, 2.24) is 4.90 Å². The molecule has 0 spiro atoms. The second-order valence-corrected chi connectivity index (χ2v) is 5.44. The molecule has 0 radical (unpaired) electrons. The average molecular weight is 294 g/mol. The second-order valence-electron chi connectivity index (χ2n) is 5.03. The van der Waals surface area contributed by atoms with E-state index in [0.29, 0.717) is 23.8 Å². The van der Waals surface area contributed by atoms with Gasteiger partial charge in [0.2, 0.25) is 5.76 Å². The number of carbonyl (C=O) groups excluding carboxylic acids is 1. The first kappa shape index (κ1) is 13.5. The van der Waals surface area contributed by atoms with Crippen molar-refractivity contribution >= 4 is 28.5 Å². The minimum atomic E-state index is -0.420. The van der Waals surface area contributed by atoms with Gasteiger partial charge in [-0.2, -0.15) is 0 Å². The van der Waals surface area contributed by atoms with Gasteiger partial charge in [-0.05, 0) is 32.0 Å². The van der Waals surface area contributed by atoms with E-state index < -0.39 is 5.97 Å². The third-order valence-electron chi connectivity index (χ3n) is 3.63. The largest absolute Gasteiger partial charge is 0.460 e. The molecule has 1 aromatic heterocycles. The highest BCUT2D eigenvalue weighted by atomic mass is 35.5. The average Bonchev–Trinajstić information content (AvgIpc) is 2.70. The Morgan fingerprint density at radius 3 is 3.05 bits per heavy atom. The van der Waals surface area contributed by atoms with Crippen LogP contribution in [0.5, 0.6) is 0 Å². The lowest BCUT2D eigenvalue weighted by Crippen LogP contribution is -2.19. The first-order valence-electron chi connectivity index (χ1n) is 6.70. The molecule has 0 fully saturated rings. The third-order valence-corrected chi connectivity index (χ3v) is 3.93. The smallest absolute Gasteiger partial charge is 0.374 e. The fourth-order valence-electron chi connectivity index (χ4n) is 2.69. The topological polar surface area (TPSA) is 42.7 Å². The first-order valence-corrected chi connectivity index (χ1v) is 7.08. The molecule has 0 atom stereocenters. The maximum Gasteiger partial charge on any atom is 0.374 e. The number of ether oxygens (including phenoxy) is 1. The van der Waals surface area contributed by atoms with Crippen LogP contribution in [-0.2, 0) is 17.7 Å². The molecule has 0 bridgehead atoms. The van der Waals surface area contributed by atoms with E-state index in [-0.39, 0.29) is 5.76 Å². The van der Waals surface area contributed by atoms with Crippen LogP contribution >= 0.6 is 11.6 Å². The van der Waals surface area contributed by atoms with Gasteiger partial charge in [0.15, 0.2) is 5.58 Å². The Bertz CT molecular complexity index is 677. The number of esters is 1. The lowest BCUT2D eigenvalue weighted by atomic mass is 10.0. The third kappa shape index (κ3) is 2.09. The molecule has 106 valence electrons. The molecule has 0 saturated heterocycles. The molecule has 3 rings (SSSR count). The van der Waals surface area contributed by atoms with Crippen LogP contribution in [0, 0.1) is 0 Å². The van der Waals surface area contributed by atoms with Gasteiger partial charge in [0.05, 0.1) is 11.6 Å². The number of carbonyl (C=O) groups is 1. The maximum absolute atomic E-state index is 12.1. The van der Waals surface area contributed by atoms with Gasteiger partial charge in [0.25, 0.3) is 0 Å². The summed E-state index contributed by atoms with van der Waals surface area (Å²) in [5, 5.41) is 1.51. The Hall–Kier alpha value is -1.52. The molecule has 1 aliphatic heterocycles. The number of hydrogen-bond acceptors (Lipinski definition) is 4. The zero-order chi connectivity index (χ0) is 14.3. The predicted molar refractivity (Wildman–Crippen MR) is 77.2 cm³/mol. The monoisotopic (exact) mass is 293 g/mol. The Kier molecular flexibility index (Phi) is 3.44. The molecule has 1 aliphatic rings. The van der Waals surface area contributed by atoms with E-state index in [1.54, 1.807) is 6.92 Å². The fourth-order valence-corrected chi connectivity index (χ4v) is 2.88. The number of nitrogens with zero attached hydrogens (tertiary/aromatic N) is 1. The van der Waals surface area contributed by atoms with Gasteiger partial charge < -0.3 is 14.1 Å². The van der Waals surface area contributed by atoms with Crippen LogP contribution < -0.4 is 0 Å². The molecule has 1 aromatic carbocycles. The Balaban J connectivity index is 2.26. The van der Waals surface area contributed by atoms with Crippen LogP contribution in [0.3, 0.4) is 0 Å². The summed E-state index contributed by atoms with van der Waals surface area (Å²) in [6.45, 7) is 3.71. The van der Waals surface area contributed by atoms with E-state index in [9.17, 15) is 4.79 Å². The van der Waals surface area contributed by atoms with Gasteiger partial charge in [-0.1, -0.05) is 17.7 Å². The van der Waals surface area contributed by atoms with Crippen molar-refractivity contribution in [2.75, 3.05) is 20.2 Å². The lowest BCUT2D eigenvalue weighted by molar-refractivity contribution is 0.0489. The highest BCUT2D eigenvalue weighted by molar-refractivity contribution is 6.35. The number of furan rings is 1. The minimum absolute atomic E-state index is 0.282. The van der Waals surface area contributed by atoms with Crippen LogP contribution in [0.25, 0.3) is 11.0 Å². The fraction of sp³-hybridized carbons (Fsp3) is 0.400. The molecule has 0 unspecified atom stereocenters. The number of hydrogen-bond donors (Lipinski definition) is 0. The van der Waals surface area contributed by atoms with Crippen molar-refractivity contribution < 1.29 is 13.9 Å². The molecule has 5 heteroatoms. The number of rotatable bonds is 2. The van der Waals surface area contributed by atoms with Gasteiger partial charge in [-0.3, -0.25) is 0 Å². The number of benzene rings is 1. The molecule has 20 heavy (non-hydrogen) atoms. The SMILES string of the molecule is CCOC(=O)c1oc2c(Cl)ccc3c2c1CN(C)CC3. The molecule has 2 heterocycles. The number of likely N-dealkylation sites (N-methyl/N-ethyl adjacent to an activating group) is 1. The van der Waals surface area contributed by atoms with Crippen LogP contribution in [0.1, 0.15) is 28.6 Å². The number of halogens is 1. The van der Waals surface area contributed by atoms with Gasteiger partial charge >= 0.3 is 5.97 Å². The standard InChI is InChI=1S/C15H16ClNO3/c1-3-19-15(18)13-10-8-17(2)7-6-9-4-5-11(16)14(20-13)12(9)10/h4-5H,3,6-8H2,1-2H3. The zero-order valence-electron chi connectivity index (χ0n) is 11.5. The summed E-state index contributed by atoms with van der Waals surface area (Å²) < 4.78 is 10.8. The van der Waals surface area contributed by atoms with Crippen LogP contribution in [0.2, 0.25) is 5.02 Å². The van der Waals surface area contributed by atoms with Crippen molar-refractivity contribution in [3.63, 3.8) is 0 Å². The second kappa shape index (κ2) is 5.11. The summed E-state index contributed by atoms with van der Waals surface area (Å²) in [6, 6.07) is 3.84. The van der Waals surface area contributed by atoms with E-state index in [1.165, 1.54) is 5.56 Å². The summed E-state index contributed by atoms with van der Waals surface area (Å²) in [5.41, 5.74) is 2.65. The molecule has 0 N–H and O–H groups in total. The van der Waals surface area contributed by atoms with Crippen molar-refractivity contribution in [1.29, 1.82) is 0 Å². The maximum atomic E-state index is 12.1. The van der Waals surface area contributed by atoms with E-state index >= 15 is 0 Å².